The van der Waals surface area contributed by atoms with E-state index in [2.05, 4.69) is 301 Å². The summed E-state index contributed by atoms with van der Waals surface area (Å²) < 4.78 is 5.04. The number of thiophene rings is 1. The van der Waals surface area contributed by atoms with Crippen LogP contribution in [0.5, 0.6) is 0 Å². The van der Waals surface area contributed by atoms with Gasteiger partial charge in [0.1, 0.15) is 0 Å². The highest BCUT2D eigenvalue weighted by atomic mass is 32.1. The van der Waals surface area contributed by atoms with Gasteiger partial charge in [-0.05, 0) is 152 Å². The van der Waals surface area contributed by atoms with Gasteiger partial charge in [-0.25, -0.2) is 0 Å². The lowest BCUT2D eigenvalue weighted by atomic mass is 9.68. The molecule has 0 saturated carbocycles. The van der Waals surface area contributed by atoms with Crippen molar-refractivity contribution in [1.29, 1.82) is 0 Å². The Morgan fingerprint density at radius 2 is 0.737 bits per heavy atom. The summed E-state index contributed by atoms with van der Waals surface area (Å²) in [5.74, 6) is 0. The van der Waals surface area contributed by atoms with Crippen LogP contribution < -0.4 is 4.90 Å². The predicted molar refractivity (Wildman–Crippen MR) is 322 cm³/mol. The van der Waals surface area contributed by atoms with Gasteiger partial charge in [-0.2, -0.15) is 0 Å². The number of rotatable bonds is 9. The molecule has 12 aromatic carbocycles. The maximum absolute atomic E-state index is 2.40. The zero-order valence-electron chi connectivity index (χ0n) is 41.5. The average Bonchev–Trinajstić information content (AvgIpc) is 4.28. The molecule has 0 bridgehead atoms. The molecule has 0 spiro atoms. The van der Waals surface area contributed by atoms with E-state index in [0.717, 1.165) is 28.3 Å². The van der Waals surface area contributed by atoms with Crippen molar-refractivity contribution >= 4 is 70.4 Å². The second kappa shape index (κ2) is 17.8. The molecule has 2 nitrogen and oxygen atoms in total. The number of para-hydroxylation sites is 2. The van der Waals surface area contributed by atoms with Gasteiger partial charge in [0.15, 0.2) is 0 Å². The standard InChI is InChI=1S/C73H48N2S/c1-2-19-55(20-3-1)73(67-27-9-4-22-61(67)62-23-5-10-28-68(62)73)56-37-43-59(44-38-56)74(57-39-32-49(33-40-57)51-16-14-17-52(46-51)54-36-45-72-66(48-54)65-26-8-13-31-71(65)76-72)58-41-34-50(35-42-58)53-18-15-21-60(47-53)75-69-29-11-6-24-63(69)64-25-7-12-30-70(64)75/h1-48H. The Morgan fingerprint density at radius 3 is 1.37 bits per heavy atom. The molecule has 356 valence electrons. The van der Waals surface area contributed by atoms with Crippen molar-refractivity contribution in [2.75, 3.05) is 4.90 Å². The lowest BCUT2D eigenvalue weighted by Gasteiger charge is -2.34. The minimum Gasteiger partial charge on any atom is -0.311 e. The summed E-state index contributed by atoms with van der Waals surface area (Å²) in [6.07, 6.45) is 0. The van der Waals surface area contributed by atoms with E-state index in [-0.39, 0.29) is 0 Å². The molecule has 1 aliphatic rings. The number of nitrogens with zero attached hydrogens (tertiary/aromatic N) is 2. The van der Waals surface area contributed by atoms with Crippen LogP contribution >= 0.6 is 11.3 Å². The molecule has 0 saturated heterocycles. The van der Waals surface area contributed by atoms with E-state index in [9.17, 15) is 0 Å². The molecule has 0 aliphatic heterocycles. The Morgan fingerprint density at radius 1 is 0.289 bits per heavy atom. The van der Waals surface area contributed by atoms with Crippen LogP contribution in [-0.2, 0) is 5.41 Å². The Kier molecular flexibility index (Phi) is 10.3. The van der Waals surface area contributed by atoms with Crippen LogP contribution in [0.2, 0.25) is 0 Å². The average molecular weight is 985 g/mol. The second-order valence-electron chi connectivity index (χ2n) is 20.0. The van der Waals surface area contributed by atoms with E-state index in [1.165, 1.54) is 103 Å². The van der Waals surface area contributed by atoms with Gasteiger partial charge in [-0.1, -0.05) is 206 Å². The van der Waals surface area contributed by atoms with Crippen LogP contribution in [0.4, 0.5) is 17.1 Å². The molecule has 0 radical (unpaired) electrons. The topological polar surface area (TPSA) is 8.17 Å². The third-order valence-corrected chi connectivity index (χ3v) is 17.0. The fraction of sp³-hybridized carbons (Fsp3) is 0.0137. The Balaban J connectivity index is 0.824. The van der Waals surface area contributed by atoms with E-state index >= 15 is 0 Å². The van der Waals surface area contributed by atoms with Crippen molar-refractivity contribution in [3.8, 4) is 50.2 Å². The zero-order valence-corrected chi connectivity index (χ0v) is 42.3. The molecule has 14 aromatic rings. The van der Waals surface area contributed by atoms with Gasteiger partial charge in [-0.15, -0.1) is 11.3 Å². The maximum Gasteiger partial charge on any atom is 0.0713 e. The summed E-state index contributed by atoms with van der Waals surface area (Å²) >= 11 is 1.86. The molecule has 0 unspecified atom stereocenters. The summed E-state index contributed by atoms with van der Waals surface area (Å²) in [6, 6.07) is 108. The van der Waals surface area contributed by atoms with Crippen LogP contribution in [0.25, 0.3) is 92.2 Å². The highest BCUT2D eigenvalue weighted by Crippen LogP contribution is 2.56. The zero-order chi connectivity index (χ0) is 50.2. The van der Waals surface area contributed by atoms with E-state index in [1.807, 2.05) is 11.3 Å². The third-order valence-electron chi connectivity index (χ3n) is 15.9. The molecule has 0 N–H and O–H groups in total. The van der Waals surface area contributed by atoms with E-state index < -0.39 is 5.41 Å². The molecule has 2 heterocycles. The van der Waals surface area contributed by atoms with E-state index in [1.54, 1.807) is 0 Å². The number of aromatic nitrogens is 1. The minimum atomic E-state index is -0.480. The lowest BCUT2D eigenvalue weighted by Crippen LogP contribution is -2.28. The van der Waals surface area contributed by atoms with Gasteiger partial charge in [0, 0.05) is 53.7 Å². The molecule has 3 heteroatoms. The molecular formula is C73H48N2S. The first-order valence-corrected chi connectivity index (χ1v) is 27.0. The first-order valence-electron chi connectivity index (χ1n) is 26.1. The van der Waals surface area contributed by atoms with E-state index in [4.69, 9.17) is 0 Å². The van der Waals surface area contributed by atoms with Gasteiger partial charge >= 0.3 is 0 Å². The Bertz CT molecular complexity index is 4410. The van der Waals surface area contributed by atoms with Crippen LogP contribution in [0, 0.1) is 0 Å². The molecule has 0 amide bonds. The molecule has 1 aliphatic carbocycles. The molecule has 0 fully saturated rings. The Hall–Kier alpha value is -9.54. The molecule has 76 heavy (non-hydrogen) atoms. The fourth-order valence-electron chi connectivity index (χ4n) is 12.4. The maximum atomic E-state index is 2.40. The van der Waals surface area contributed by atoms with Crippen molar-refractivity contribution in [3.05, 3.63) is 313 Å². The highest BCUT2D eigenvalue weighted by Gasteiger charge is 2.45. The highest BCUT2D eigenvalue weighted by molar-refractivity contribution is 7.25. The van der Waals surface area contributed by atoms with Crippen molar-refractivity contribution in [2.45, 2.75) is 5.41 Å². The Labute approximate surface area is 446 Å². The second-order valence-corrected chi connectivity index (χ2v) is 21.1. The fourth-order valence-corrected chi connectivity index (χ4v) is 13.5. The van der Waals surface area contributed by atoms with Crippen molar-refractivity contribution in [1.82, 2.24) is 4.57 Å². The van der Waals surface area contributed by atoms with Gasteiger partial charge in [0.25, 0.3) is 0 Å². The SMILES string of the molecule is c1ccc(C2(c3ccc(N(c4ccc(-c5cccc(-c6ccc7sc8ccccc8c7c6)c5)cc4)c4ccc(-c5cccc(-n6c7ccccc7c7ccccc76)c5)cc4)cc3)c3ccccc3-c3ccccc32)cc1. The number of hydrogen-bond acceptors (Lipinski definition) is 2. The smallest absolute Gasteiger partial charge is 0.0713 e. The van der Waals surface area contributed by atoms with Crippen molar-refractivity contribution in [2.24, 2.45) is 0 Å². The summed E-state index contributed by atoms with van der Waals surface area (Å²) in [4.78, 5) is 2.40. The normalized spacial score (nSPS) is 12.6. The summed E-state index contributed by atoms with van der Waals surface area (Å²) in [5.41, 5.74) is 21.1. The van der Waals surface area contributed by atoms with Crippen LogP contribution in [0.1, 0.15) is 22.3 Å². The number of hydrogen-bond donors (Lipinski definition) is 0. The van der Waals surface area contributed by atoms with E-state index in [0.29, 0.717) is 0 Å². The van der Waals surface area contributed by atoms with Gasteiger partial charge in [0.05, 0.1) is 16.4 Å². The molecule has 0 atom stereocenters. The third kappa shape index (κ3) is 7.01. The molecule has 15 rings (SSSR count). The number of fused-ring (bicyclic) bond motifs is 9. The molecule has 2 aromatic heterocycles. The summed E-state index contributed by atoms with van der Waals surface area (Å²) in [6.45, 7) is 0. The van der Waals surface area contributed by atoms with Gasteiger partial charge < -0.3 is 9.47 Å². The quantitative estimate of drug-likeness (QED) is 0.140. The van der Waals surface area contributed by atoms with Crippen LogP contribution in [0.15, 0.2) is 291 Å². The minimum absolute atomic E-state index is 0.480. The van der Waals surface area contributed by atoms with Gasteiger partial charge in [-0.3, -0.25) is 0 Å². The summed E-state index contributed by atoms with van der Waals surface area (Å²) in [5, 5.41) is 5.16. The largest absolute Gasteiger partial charge is 0.311 e. The first-order chi connectivity index (χ1) is 37.7. The number of anilines is 3. The number of benzene rings is 12. The van der Waals surface area contributed by atoms with Crippen molar-refractivity contribution in [3.63, 3.8) is 0 Å². The molecular weight excluding hydrogens is 937 g/mol. The predicted octanol–water partition coefficient (Wildman–Crippen LogP) is 20.0. The first kappa shape index (κ1) is 44.0. The monoisotopic (exact) mass is 984 g/mol. The van der Waals surface area contributed by atoms with Crippen LogP contribution in [0.3, 0.4) is 0 Å². The van der Waals surface area contributed by atoms with Crippen molar-refractivity contribution < 1.29 is 0 Å². The summed E-state index contributed by atoms with van der Waals surface area (Å²) in [7, 11) is 0. The lowest BCUT2D eigenvalue weighted by molar-refractivity contribution is 0.768. The van der Waals surface area contributed by atoms with Gasteiger partial charge in [0.2, 0.25) is 0 Å². The van der Waals surface area contributed by atoms with Crippen LogP contribution in [-0.4, -0.2) is 4.57 Å².